The maximum Gasteiger partial charge on any atom is 0.257 e. The number of nitrogens with zero attached hydrogens (tertiary/aromatic N) is 1. The highest BCUT2D eigenvalue weighted by Crippen LogP contribution is 2.20. The second kappa shape index (κ2) is 7.97. The van der Waals surface area contributed by atoms with Crippen LogP contribution in [0.25, 0.3) is 0 Å². The van der Waals surface area contributed by atoms with Gasteiger partial charge in [0, 0.05) is 18.4 Å². The van der Waals surface area contributed by atoms with E-state index in [1.807, 2.05) is 12.1 Å². The van der Waals surface area contributed by atoms with Gasteiger partial charge in [-0.25, -0.2) is 9.37 Å². The summed E-state index contributed by atoms with van der Waals surface area (Å²) in [5.41, 5.74) is 3.20. The van der Waals surface area contributed by atoms with Gasteiger partial charge in [-0.2, -0.15) is 0 Å². The van der Waals surface area contributed by atoms with Crippen molar-refractivity contribution < 1.29 is 9.18 Å². The molecule has 0 aliphatic heterocycles. The molecule has 0 bridgehead atoms. The number of hydrogen-bond donors (Lipinski definition) is 2. The molecule has 0 atom stereocenters. The molecule has 3 aromatic rings. The Hall–Kier alpha value is -2.92. The molecule has 0 aliphatic carbocycles. The Morgan fingerprint density at radius 2 is 1.96 bits per heavy atom. The average molecular weight is 370 g/mol. The molecule has 0 aliphatic rings. The largest absolute Gasteiger partial charge is 0.366 e. The van der Waals surface area contributed by atoms with Gasteiger partial charge in [-0.1, -0.05) is 35.9 Å². The summed E-state index contributed by atoms with van der Waals surface area (Å²) in [7, 11) is 0. The van der Waals surface area contributed by atoms with Gasteiger partial charge in [0.25, 0.3) is 5.91 Å². The molecule has 3 rings (SSSR count). The number of rotatable bonds is 5. The summed E-state index contributed by atoms with van der Waals surface area (Å²) < 4.78 is 13.2. The highest BCUT2D eigenvalue weighted by molar-refractivity contribution is 6.31. The van der Waals surface area contributed by atoms with Gasteiger partial charge in [0.2, 0.25) is 0 Å². The Kier molecular flexibility index (Phi) is 5.49. The lowest BCUT2D eigenvalue weighted by atomic mass is 10.1. The molecule has 1 amide bonds. The van der Waals surface area contributed by atoms with E-state index in [0.717, 1.165) is 0 Å². The van der Waals surface area contributed by atoms with E-state index in [0.29, 0.717) is 23.6 Å². The molecule has 0 fully saturated rings. The smallest absolute Gasteiger partial charge is 0.257 e. The number of benzene rings is 2. The molecule has 0 unspecified atom stereocenters. The summed E-state index contributed by atoms with van der Waals surface area (Å²) in [4.78, 5) is 16.5. The van der Waals surface area contributed by atoms with E-state index in [-0.39, 0.29) is 10.9 Å². The fraction of sp³-hybridized carbons (Fsp3) is 0.100. The van der Waals surface area contributed by atoms with E-state index in [2.05, 4.69) is 34.7 Å². The third-order valence-electron chi connectivity index (χ3n) is 3.92. The fourth-order valence-electron chi connectivity index (χ4n) is 2.40. The predicted octanol–water partition coefficient (Wildman–Crippen LogP) is 5.05. The first-order chi connectivity index (χ1) is 12.5. The van der Waals surface area contributed by atoms with Crippen molar-refractivity contribution in [3.8, 4) is 0 Å². The van der Waals surface area contributed by atoms with Crippen LogP contribution >= 0.6 is 11.6 Å². The number of carbonyl (C=O) groups is 1. The van der Waals surface area contributed by atoms with Gasteiger partial charge in [0.1, 0.15) is 11.6 Å². The molecule has 2 aromatic carbocycles. The second-order valence-corrected chi connectivity index (χ2v) is 6.20. The summed E-state index contributed by atoms with van der Waals surface area (Å²) in [5, 5.41) is 5.85. The van der Waals surface area contributed by atoms with Crippen LogP contribution in [0.3, 0.4) is 0 Å². The van der Waals surface area contributed by atoms with Crippen LogP contribution < -0.4 is 10.6 Å². The molecule has 26 heavy (non-hydrogen) atoms. The van der Waals surface area contributed by atoms with Crippen LogP contribution in [0.4, 0.5) is 15.9 Å². The summed E-state index contributed by atoms with van der Waals surface area (Å²) in [5.74, 6) is -0.198. The lowest BCUT2D eigenvalue weighted by Gasteiger charge is -2.09. The van der Waals surface area contributed by atoms with Gasteiger partial charge in [-0.05, 0) is 48.4 Å². The Bertz CT molecular complexity index is 929. The molecule has 0 spiro atoms. The highest BCUT2D eigenvalue weighted by Gasteiger charge is 2.08. The van der Waals surface area contributed by atoms with Crippen molar-refractivity contribution in [3.63, 3.8) is 0 Å². The predicted molar refractivity (Wildman–Crippen MR) is 102 cm³/mol. The van der Waals surface area contributed by atoms with Gasteiger partial charge in [-0.3, -0.25) is 4.79 Å². The monoisotopic (exact) mass is 369 g/mol. The Labute approximate surface area is 156 Å². The van der Waals surface area contributed by atoms with Crippen molar-refractivity contribution in [1.82, 2.24) is 4.98 Å². The number of aromatic nitrogens is 1. The number of nitrogens with one attached hydrogen (secondary N) is 2. The number of carbonyl (C=O) groups excluding carboxylic acids is 1. The minimum Gasteiger partial charge on any atom is -0.366 e. The van der Waals surface area contributed by atoms with Crippen molar-refractivity contribution in [2.24, 2.45) is 0 Å². The van der Waals surface area contributed by atoms with Crippen molar-refractivity contribution in [3.05, 3.63) is 88.3 Å². The van der Waals surface area contributed by atoms with Crippen LogP contribution in [0.5, 0.6) is 0 Å². The molecule has 2 N–H and O–H groups in total. The SMILES string of the molecule is Cc1ccccc1CNc1ccc(C(=O)Nc2ccc(F)c(Cl)c2)cn1. The zero-order valence-corrected chi connectivity index (χ0v) is 14.8. The van der Waals surface area contributed by atoms with Crippen LogP contribution in [0.15, 0.2) is 60.8 Å². The third-order valence-corrected chi connectivity index (χ3v) is 4.21. The van der Waals surface area contributed by atoms with Gasteiger partial charge in [0.15, 0.2) is 0 Å². The molecule has 0 saturated carbocycles. The van der Waals surface area contributed by atoms with Gasteiger partial charge >= 0.3 is 0 Å². The molecule has 6 heteroatoms. The molecule has 0 saturated heterocycles. The van der Waals surface area contributed by atoms with E-state index in [1.54, 1.807) is 12.1 Å². The third kappa shape index (κ3) is 4.37. The standard InChI is InChI=1S/C20H17ClFN3O/c1-13-4-2-3-5-14(13)11-23-19-9-6-15(12-24-19)20(26)25-16-7-8-18(22)17(21)10-16/h2-10,12H,11H2,1H3,(H,23,24)(H,25,26). The van der Waals surface area contributed by atoms with Crippen LogP contribution in [0.2, 0.25) is 5.02 Å². The number of anilines is 2. The molecule has 132 valence electrons. The molecule has 4 nitrogen and oxygen atoms in total. The van der Waals surface area contributed by atoms with E-state index in [9.17, 15) is 9.18 Å². The van der Waals surface area contributed by atoms with Crippen LogP contribution in [-0.2, 0) is 6.54 Å². The Balaban J connectivity index is 1.62. The van der Waals surface area contributed by atoms with Crippen LogP contribution in [0.1, 0.15) is 21.5 Å². The Morgan fingerprint density at radius 1 is 1.15 bits per heavy atom. The Morgan fingerprint density at radius 3 is 2.65 bits per heavy atom. The quantitative estimate of drug-likeness (QED) is 0.662. The minimum atomic E-state index is -0.532. The summed E-state index contributed by atoms with van der Waals surface area (Å²) in [6.45, 7) is 2.71. The van der Waals surface area contributed by atoms with Crippen LogP contribution in [-0.4, -0.2) is 10.9 Å². The highest BCUT2D eigenvalue weighted by atomic mass is 35.5. The van der Waals surface area contributed by atoms with Gasteiger partial charge in [0.05, 0.1) is 10.6 Å². The zero-order chi connectivity index (χ0) is 18.5. The molecule has 0 radical (unpaired) electrons. The van der Waals surface area contributed by atoms with Crippen molar-refractivity contribution in [1.29, 1.82) is 0 Å². The summed E-state index contributed by atoms with van der Waals surface area (Å²) >= 11 is 5.71. The van der Waals surface area contributed by atoms with E-state index in [4.69, 9.17) is 11.6 Å². The first-order valence-electron chi connectivity index (χ1n) is 8.04. The first-order valence-corrected chi connectivity index (χ1v) is 8.41. The van der Waals surface area contributed by atoms with Crippen molar-refractivity contribution in [2.75, 3.05) is 10.6 Å². The average Bonchev–Trinajstić information content (AvgIpc) is 2.64. The van der Waals surface area contributed by atoms with Crippen molar-refractivity contribution in [2.45, 2.75) is 13.5 Å². The maximum atomic E-state index is 13.2. The number of hydrogen-bond acceptors (Lipinski definition) is 3. The fourth-order valence-corrected chi connectivity index (χ4v) is 2.58. The van der Waals surface area contributed by atoms with Gasteiger partial charge < -0.3 is 10.6 Å². The molecule has 1 heterocycles. The van der Waals surface area contributed by atoms with E-state index >= 15 is 0 Å². The first kappa shape index (κ1) is 17.9. The lowest BCUT2D eigenvalue weighted by Crippen LogP contribution is -2.12. The minimum absolute atomic E-state index is 0.0447. The molecular weight excluding hydrogens is 353 g/mol. The number of halogens is 2. The zero-order valence-electron chi connectivity index (χ0n) is 14.1. The van der Waals surface area contributed by atoms with E-state index < -0.39 is 5.82 Å². The molecular formula is C20H17ClFN3O. The maximum absolute atomic E-state index is 13.2. The number of amides is 1. The van der Waals surface area contributed by atoms with Crippen molar-refractivity contribution >= 4 is 29.0 Å². The summed E-state index contributed by atoms with van der Waals surface area (Å²) in [6, 6.07) is 15.5. The molecule has 1 aromatic heterocycles. The number of aryl methyl sites for hydroxylation is 1. The number of pyridine rings is 1. The topological polar surface area (TPSA) is 54.0 Å². The van der Waals surface area contributed by atoms with E-state index in [1.165, 1.54) is 35.5 Å². The lowest BCUT2D eigenvalue weighted by molar-refractivity contribution is 0.102. The second-order valence-electron chi connectivity index (χ2n) is 5.80. The summed E-state index contributed by atoms with van der Waals surface area (Å²) in [6.07, 6.45) is 1.49. The van der Waals surface area contributed by atoms with Gasteiger partial charge in [-0.15, -0.1) is 0 Å². The van der Waals surface area contributed by atoms with Crippen LogP contribution in [0, 0.1) is 12.7 Å². The normalized spacial score (nSPS) is 10.4.